The zero-order chi connectivity index (χ0) is 46.8. The molecule has 6 heterocycles. The number of oxazole rings is 2. The predicted molar refractivity (Wildman–Crippen MR) is 247 cm³/mol. The van der Waals surface area contributed by atoms with Gasteiger partial charge >= 0.3 is 11.5 Å². The Balaban J connectivity index is 0.000000159. The number of carbonyl (C=O) groups excluding carboxylic acids is 4. The fourth-order valence-electron chi connectivity index (χ4n) is 9.83. The highest BCUT2D eigenvalue weighted by Crippen LogP contribution is 2.49. The van der Waals surface area contributed by atoms with Crippen LogP contribution in [0.1, 0.15) is 124 Å². The number of carbonyl (C=O) groups is 4. The van der Waals surface area contributed by atoms with Gasteiger partial charge in [0.1, 0.15) is 22.8 Å². The number of hydrogen-bond donors (Lipinski definition) is 6. The van der Waals surface area contributed by atoms with E-state index in [0.717, 1.165) is 49.1 Å². The first-order valence-corrected chi connectivity index (χ1v) is 23.1. The first-order valence-electron chi connectivity index (χ1n) is 23.1. The fourth-order valence-corrected chi connectivity index (χ4v) is 9.83. The second-order valence-electron chi connectivity index (χ2n) is 18.2. The lowest BCUT2D eigenvalue weighted by molar-refractivity contribution is 0.0595. The molecule has 0 atom stereocenters. The molecule has 0 saturated heterocycles. The van der Waals surface area contributed by atoms with Crippen molar-refractivity contribution in [1.29, 1.82) is 0 Å². The minimum atomic E-state index is -0.529. The Morgan fingerprint density at radius 2 is 1.10 bits per heavy atom. The summed E-state index contributed by atoms with van der Waals surface area (Å²) in [6.45, 7) is 1.70. The van der Waals surface area contributed by atoms with Crippen molar-refractivity contribution in [3.05, 3.63) is 128 Å². The minimum absolute atomic E-state index is 0.128. The Morgan fingerprint density at radius 3 is 1.62 bits per heavy atom. The quantitative estimate of drug-likeness (QED) is 0.0924. The van der Waals surface area contributed by atoms with Crippen molar-refractivity contribution < 1.29 is 28.0 Å². The van der Waals surface area contributed by atoms with Gasteiger partial charge in [0.25, 0.3) is 23.6 Å². The van der Waals surface area contributed by atoms with E-state index < -0.39 is 23.3 Å². The van der Waals surface area contributed by atoms with Crippen LogP contribution in [0.4, 0.5) is 0 Å². The molecule has 8 aromatic rings. The number of amides is 4. The van der Waals surface area contributed by atoms with E-state index in [1.54, 1.807) is 60.9 Å². The third-order valence-electron chi connectivity index (χ3n) is 13.7. The van der Waals surface area contributed by atoms with Crippen LogP contribution in [0, 0.1) is 17.3 Å². The summed E-state index contributed by atoms with van der Waals surface area (Å²) in [6.07, 6.45) is 16.3. The second kappa shape index (κ2) is 18.8. The summed E-state index contributed by atoms with van der Waals surface area (Å²) in [5, 5.41) is 20.2. The van der Waals surface area contributed by atoms with Crippen molar-refractivity contribution in [2.75, 3.05) is 13.1 Å². The lowest BCUT2D eigenvalue weighted by Gasteiger charge is -2.46. The largest absolute Gasteiger partial charge is 0.417 e. The molecule has 4 aliphatic carbocycles. The lowest BCUT2D eigenvalue weighted by Crippen LogP contribution is -2.43. The number of rotatable bonds is 12. The third-order valence-corrected chi connectivity index (χ3v) is 13.7. The van der Waals surface area contributed by atoms with Crippen LogP contribution in [0.2, 0.25) is 0 Å². The molecule has 6 aromatic heterocycles. The van der Waals surface area contributed by atoms with Crippen LogP contribution in [-0.4, -0.2) is 75.9 Å². The van der Waals surface area contributed by atoms with Gasteiger partial charge in [0.2, 0.25) is 0 Å². The molecule has 350 valence electrons. The highest BCUT2D eigenvalue weighted by Gasteiger charge is 2.40. The Labute approximate surface area is 386 Å². The van der Waals surface area contributed by atoms with Gasteiger partial charge in [-0.2, -0.15) is 10.2 Å². The highest BCUT2D eigenvalue weighted by molar-refractivity contribution is 5.99. The SMILES string of the molecule is O=C(NCc1ccc2oc(=O)[nH]c2c1)c1cc(C(=O)NCC23CCC(CC2)CC3)n2nccc2n1.O=C(NCc1ccc2oc(=O)[nH]c2c1)c1cc(C(=O)NCC2CCCCC2)n2nccc2n1. The van der Waals surface area contributed by atoms with Crippen molar-refractivity contribution in [2.24, 2.45) is 17.3 Å². The van der Waals surface area contributed by atoms with Crippen molar-refractivity contribution in [3.63, 3.8) is 0 Å². The molecule has 2 aromatic carbocycles. The molecule has 6 N–H and O–H groups in total. The van der Waals surface area contributed by atoms with Crippen LogP contribution in [0.25, 0.3) is 33.5 Å². The molecule has 0 radical (unpaired) electrons. The number of benzene rings is 2. The zero-order valence-corrected chi connectivity index (χ0v) is 37.1. The summed E-state index contributed by atoms with van der Waals surface area (Å²) in [5.74, 6) is -1.07. The molecule has 20 nitrogen and oxygen atoms in total. The number of aromatic amines is 2. The number of H-pyrrole nitrogens is 2. The molecule has 20 heteroatoms. The van der Waals surface area contributed by atoms with Crippen molar-refractivity contribution in [2.45, 2.75) is 83.7 Å². The first kappa shape index (κ1) is 44.0. The highest BCUT2D eigenvalue weighted by atomic mass is 16.4. The van der Waals surface area contributed by atoms with Gasteiger partial charge in [0.05, 0.1) is 23.4 Å². The molecule has 4 fully saturated rings. The maximum absolute atomic E-state index is 13.2. The van der Waals surface area contributed by atoms with Crippen LogP contribution >= 0.6 is 0 Å². The monoisotopic (exact) mass is 922 g/mol. The van der Waals surface area contributed by atoms with E-state index in [4.69, 9.17) is 8.83 Å². The van der Waals surface area contributed by atoms with Gasteiger partial charge in [0, 0.05) is 50.4 Å². The van der Waals surface area contributed by atoms with E-state index in [0.29, 0.717) is 52.5 Å². The molecule has 0 unspecified atom stereocenters. The molecule has 68 heavy (non-hydrogen) atoms. The van der Waals surface area contributed by atoms with Crippen LogP contribution < -0.4 is 32.8 Å². The Kier molecular flexibility index (Phi) is 12.1. The van der Waals surface area contributed by atoms with Gasteiger partial charge in [-0.15, -0.1) is 0 Å². The van der Waals surface area contributed by atoms with Gasteiger partial charge in [-0.25, -0.2) is 28.6 Å². The smallest absolute Gasteiger partial charge is 0.408 e. The molecular weight excluding hydrogens is 873 g/mol. The predicted octanol–water partition coefficient (Wildman–Crippen LogP) is 5.20. The second-order valence-corrected chi connectivity index (χ2v) is 18.2. The van der Waals surface area contributed by atoms with Gasteiger partial charge < -0.3 is 30.1 Å². The average molecular weight is 923 g/mol. The molecule has 4 aliphatic rings. The van der Waals surface area contributed by atoms with Crippen LogP contribution in [0.3, 0.4) is 0 Å². The van der Waals surface area contributed by atoms with E-state index in [1.165, 1.54) is 59.7 Å². The van der Waals surface area contributed by atoms with Gasteiger partial charge in [0.15, 0.2) is 22.5 Å². The van der Waals surface area contributed by atoms with Crippen LogP contribution in [0.15, 0.2) is 91.5 Å². The number of nitrogens with one attached hydrogen (secondary N) is 6. The van der Waals surface area contributed by atoms with E-state index in [9.17, 15) is 28.8 Å². The number of fused-ring (bicyclic) bond motifs is 7. The zero-order valence-electron chi connectivity index (χ0n) is 37.1. The summed E-state index contributed by atoms with van der Waals surface area (Å²) in [4.78, 5) is 88.4. The third kappa shape index (κ3) is 9.51. The van der Waals surface area contributed by atoms with Gasteiger partial charge in [-0.3, -0.25) is 29.1 Å². The topological polar surface area (TPSA) is 269 Å². The van der Waals surface area contributed by atoms with E-state index >= 15 is 0 Å². The Hall–Kier alpha value is -7.90. The van der Waals surface area contributed by atoms with Gasteiger partial charge in [-0.1, -0.05) is 31.4 Å². The average Bonchev–Trinajstić information content (AvgIpc) is 4.20. The van der Waals surface area contributed by atoms with E-state index in [-0.39, 0.29) is 53.1 Å². The number of aromatic nitrogens is 8. The lowest BCUT2D eigenvalue weighted by atomic mass is 9.61. The van der Waals surface area contributed by atoms with E-state index in [1.807, 2.05) is 0 Å². The summed E-state index contributed by atoms with van der Waals surface area (Å²) in [7, 11) is 0. The fraction of sp³-hybridized carbons (Fsp3) is 0.375. The molecular formula is C48H50N12O8. The normalized spacial score (nSPS) is 18.1. The van der Waals surface area contributed by atoms with Crippen molar-refractivity contribution >= 4 is 57.1 Å². The van der Waals surface area contributed by atoms with E-state index in [2.05, 4.69) is 51.4 Å². The Bertz CT molecular complexity index is 3290. The molecule has 4 saturated carbocycles. The summed E-state index contributed by atoms with van der Waals surface area (Å²) < 4.78 is 12.9. The standard InChI is InChI=1S/C25H26N6O4.C23H24N6O4/c32-22(26-13-16-1-2-20-17(11-16)30-24(34)35-20)18-12-19(31-21(29-18)6-10-28-31)23(33)27-14-25-7-3-15(4-8-25)5-9-25;30-21(24-13-15-6-7-19-16(10-15)28-23(32)33-19)17-11-18(29-20(27-17)8-9-26-29)22(31)25-12-14-4-2-1-3-5-14/h1-2,6,10-12,15H,3-5,7-9,13-14H2,(H,26,32)(H,27,33)(H,30,34);6-11,14H,1-5,12-13H2,(H,24,30)(H,25,31)(H,28,32). The summed E-state index contributed by atoms with van der Waals surface area (Å²) in [6, 6.07) is 16.6. The summed E-state index contributed by atoms with van der Waals surface area (Å²) >= 11 is 0. The Morgan fingerprint density at radius 1 is 0.603 bits per heavy atom. The molecule has 4 amide bonds. The van der Waals surface area contributed by atoms with Crippen molar-refractivity contribution in [1.82, 2.24) is 60.4 Å². The molecule has 12 rings (SSSR count). The van der Waals surface area contributed by atoms with Crippen LogP contribution in [-0.2, 0) is 13.1 Å². The minimum Gasteiger partial charge on any atom is -0.408 e. The maximum Gasteiger partial charge on any atom is 0.417 e. The van der Waals surface area contributed by atoms with Crippen LogP contribution in [0.5, 0.6) is 0 Å². The molecule has 2 bridgehead atoms. The number of hydrogen-bond acceptors (Lipinski definition) is 12. The molecule has 0 spiro atoms. The number of nitrogens with zero attached hydrogens (tertiary/aromatic N) is 6. The van der Waals surface area contributed by atoms with Gasteiger partial charge in [-0.05, 0) is 104 Å². The van der Waals surface area contributed by atoms with Crippen molar-refractivity contribution in [3.8, 4) is 0 Å². The maximum atomic E-state index is 13.2. The summed E-state index contributed by atoms with van der Waals surface area (Å²) in [5.41, 5.74) is 5.44. The molecule has 0 aliphatic heterocycles. The first-order chi connectivity index (χ1) is 33.0.